The van der Waals surface area contributed by atoms with Gasteiger partial charge in [-0.2, -0.15) is 0 Å². The third-order valence-electron chi connectivity index (χ3n) is 3.04. The second kappa shape index (κ2) is 4.93. The number of aryl methyl sites for hydroxylation is 2. The van der Waals surface area contributed by atoms with Crippen molar-refractivity contribution in [3.8, 4) is 0 Å². The van der Waals surface area contributed by atoms with Crippen molar-refractivity contribution in [3.63, 3.8) is 0 Å². The average molecular weight is 288 g/mol. The van der Waals surface area contributed by atoms with Crippen molar-refractivity contribution < 1.29 is 0 Å². The highest BCUT2D eigenvalue weighted by Crippen LogP contribution is 2.13. The Labute approximate surface area is 117 Å². The first kappa shape index (κ1) is 12.6. The zero-order valence-electron chi connectivity index (χ0n) is 10.5. The largest absolute Gasteiger partial charge is 0.398 e. The van der Waals surface area contributed by atoms with E-state index in [0.29, 0.717) is 24.2 Å². The van der Waals surface area contributed by atoms with Crippen LogP contribution in [0.5, 0.6) is 0 Å². The summed E-state index contributed by atoms with van der Waals surface area (Å²) in [7, 11) is 0. The predicted molar refractivity (Wildman–Crippen MR) is 79.0 cm³/mol. The Kier molecular flexibility index (Phi) is 3.11. The number of aromatic nitrogens is 3. The van der Waals surface area contributed by atoms with Crippen molar-refractivity contribution in [3.05, 3.63) is 56.8 Å². The summed E-state index contributed by atoms with van der Waals surface area (Å²) in [6.07, 6.45) is 3.09. The Morgan fingerprint density at radius 1 is 1.15 bits per heavy atom. The first-order valence-corrected chi connectivity index (χ1v) is 6.92. The monoisotopic (exact) mass is 288 g/mol. The normalized spacial score (nSPS) is 11.0. The predicted octanol–water partition coefficient (Wildman–Crippen LogP) is 0.902. The summed E-state index contributed by atoms with van der Waals surface area (Å²) >= 11 is 1.43. The molecule has 0 aliphatic heterocycles. The Balaban J connectivity index is 1.90. The number of fused-ring (bicyclic) bond motifs is 1. The average Bonchev–Trinajstić information content (AvgIpc) is 2.91. The van der Waals surface area contributed by atoms with E-state index in [0.717, 1.165) is 4.83 Å². The van der Waals surface area contributed by atoms with Crippen LogP contribution < -0.4 is 16.9 Å². The number of nitrogens with two attached hydrogens (primary N) is 1. The molecule has 3 rings (SSSR count). The van der Waals surface area contributed by atoms with Crippen LogP contribution in [0.3, 0.4) is 0 Å². The van der Waals surface area contributed by atoms with Crippen LogP contribution in [-0.4, -0.2) is 14.1 Å². The van der Waals surface area contributed by atoms with E-state index in [4.69, 9.17) is 5.73 Å². The minimum atomic E-state index is -0.142. The molecule has 0 aliphatic rings. The fourth-order valence-corrected chi connectivity index (χ4v) is 2.72. The molecule has 2 N–H and O–H groups in total. The van der Waals surface area contributed by atoms with Gasteiger partial charge in [-0.3, -0.25) is 14.2 Å². The fourth-order valence-electron chi connectivity index (χ4n) is 1.99. The summed E-state index contributed by atoms with van der Waals surface area (Å²) in [5.74, 6) is 0. The molecule has 0 spiro atoms. The third-order valence-corrected chi connectivity index (χ3v) is 3.86. The van der Waals surface area contributed by atoms with Gasteiger partial charge in [0.2, 0.25) is 0 Å². The molecule has 0 atom stereocenters. The van der Waals surface area contributed by atoms with Crippen LogP contribution in [-0.2, 0) is 13.1 Å². The summed E-state index contributed by atoms with van der Waals surface area (Å²) in [6, 6.07) is 4.74. The number of hydrogen-bond donors (Lipinski definition) is 1. The lowest BCUT2D eigenvalue weighted by atomic mass is 10.4. The van der Waals surface area contributed by atoms with E-state index < -0.39 is 0 Å². The van der Waals surface area contributed by atoms with Crippen molar-refractivity contribution in [2.75, 3.05) is 5.73 Å². The molecule has 102 valence electrons. The smallest absolute Gasteiger partial charge is 0.262 e. The van der Waals surface area contributed by atoms with E-state index in [2.05, 4.69) is 4.98 Å². The molecule has 0 fully saturated rings. The molecule has 0 amide bonds. The summed E-state index contributed by atoms with van der Waals surface area (Å²) in [6.45, 7) is 0.752. The fraction of sp³-hybridized carbons (Fsp3) is 0.154. The van der Waals surface area contributed by atoms with Gasteiger partial charge in [-0.05, 0) is 17.5 Å². The molecule has 0 aromatic carbocycles. The molecule has 20 heavy (non-hydrogen) atoms. The number of nitrogens with zero attached hydrogens (tertiary/aromatic N) is 3. The van der Waals surface area contributed by atoms with Crippen molar-refractivity contribution in [1.29, 1.82) is 0 Å². The van der Waals surface area contributed by atoms with Gasteiger partial charge in [-0.15, -0.1) is 11.3 Å². The second-order valence-electron chi connectivity index (χ2n) is 4.38. The highest BCUT2D eigenvalue weighted by atomic mass is 32.1. The molecule has 0 aliphatic carbocycles. The lowest BCUT2D eigenvalue weighted by molar-refractivity contribution is 0.551. The Hall–Kier alpha value is -2.41. The second-order valence-corrected chi connectivity index (χ2v) is 5.27. The topological polar surface area (TPSA) is 82.9 Å². The summed E-state index contributed by atoms with van der Waals surface area (Å²) in [4.78, 5) is 28.8. The molecule has 0 unspecified atom stereocenters. The lowest BCUT2D eigenvalue weighted by Crippen LogP contribution is -2.26. The molecule has 3 heterocycles. The van der Waals surface area contributed by atoms with Gasteiger partial charge >= 0.3 is 0 Å². The van der Waals surface area contributed by atoms with Crippen LogP contribution >= 0.6 is 11.3 Å². The molecule has 3 aromatic heterocycles. The zero-order valence-corrected chi connectivity index (χ0v) is 11.3. The summed E-state index contributed by atoms with van der Waals surface area (Å²) in [5, 5.41) is 2.45. The Bertz CT molecular complexity index is 878. The van der Waals surface area contributed by atoms with Crippen molar-refractivity contribution in [1.82, 2.24) is 14.1 Å². The van der Waals surface area contributed by atoms with Crippen LogP contribution in [0, 0.1) is 0 Å². The van der Waals surface area contributed by atoms with E-state index in [9.17, 15) is 9.59 Å². The van der Waals surface area contributed by atoms with E-state index in [1.54, 1.807) is 18.3 Å². The van der Waals surface area contributed by atoms with Gasteiger partial charge in [-0.25, -0.2) is 4.98 Å². The van der Waals surface area contributed by atoms with Gasteiger partial charge in [0.1, 0.15) is 4.83 Å². The number of pyridine rings is 1. The van der Waals surface area contributed by atoms with E-state index in [1.165, 1.54) is 32.9 Å². The molecule has 7 heteroatoms. The summed E-state index contributed by atoms with van der Waals surface area (Å²) in [5.41, 5.74) is 5.93. The third kappa shape index (κ3) is 2.23. The number of thiophene rings is 1. The lowest BCUT2D eigenvalue weighted by Gasteiger charge is -2.08. The number of nitrogen functional groups attached to an aromatic ring is 1. The van der Waals surface area contributed by atoms with Crippen molar-refractivity contribution in [2.24, 2.45) is 0 Å². The zero-order chi connectivity index (χ0) is 14.1. The van der Waals surface area contributed by atoms with Crippen LogP contribution in [0.15, 0.2) is 45.7 Å². The van der Waals surface area contributed by atoms with Gasteiger partial charge in [0.25, 0.3) is 11.1 Å². The van der Waals surface area contributed by atoms with Crippen LogP contribution in [0.1, 0.15) is 0 Å². The highest BCUT2D eigenvalue weighted by molar-refractivity contribution is 7.16. The van der Waals surface area contributed by atoms with E-state index >= 15 is 0 Å². The molecule has 0 saturated carbocycles. The van der Waals surface area contributed by atoms with Crippen LogP contribution in [0.25, 0.3) is 10.2 Å². The minimum absolute atomic E-state index is 0.0896. The highest BCUT2D eigenvalue weighted by Gasteiger charge is 2.05. The first-order valence-electron chi connectivity index (χ1n) is 6.04. The quantitative estimate of drug-likeness (QED) is 0.776. The number of hydrogen-bond acceptors (Lipinski definition) is 5. The van der Waals surface area contributed by atoms with Crippen LogP contribution in [0.4, 0.5) is 5.69 Å². The van der Waals surface area contributed by atoms with Gasteiger partial charge in [0.05, 0.1) is 11.7 Å². The van der Waals surface area contributed by atoms with Crippen molar-refractivity contribution in [2.45, 2.75) is 13.1 Å². The molecule has 0 bridgehead atoms. The van der Waals surface area contributed by atoms with Crippen molar-refractivity contribution >= 4 is 27.2 Å². The molecule has 0 saturated heterocycles. The minimum Gasteiger partial charge on any atom is -0.398 e. The molecule has 3 aromatic rings. The molecule has 6 nitrogen and oxygen atoms in total. The van der Waals surface area contributed by atoms with Gasteiger partial charge in [-0.1, -0.05) is 0 Å². The van der Waals surface area contributed by atoms with Gasteiger partial charge in [0, 0.05) is 31.0 Å². The van der Waals surface area contributed by atoms with Crippen LogP contribution in [0.2, 0.25) is 0 Å². The standard InChI is InChI=1S/C13H12N4O2S/c14-9-1-2-11(18)16(7-9)4-5-17-8-15-12-10(13(17)19)3-6-20-12/h1-3,6-8H,4-5,14H2. The Morgan fingerprint density at radius 2 is 1.95 bits per heavy atom. The molecular weight excluding hydrogens is 276 g/mol. The van der Waals surface area contributed by atoms with E-state index in [-0.39, 0.29) is 11.1 Å². The SMILES string of the molecule is Nc1ccc(=O)n(CCn2cnc3sccc3c2=O)c1. The maximum Gasteiger partial charge on any atom is 0.262 e. The molecular formula is C13H12N4O2S. The molecule has 0 radical (unpaired) electrons. The van der Waals surface area contributed by atoms with Gasteiger partial charge < -0.3 is 10.3 Å². The number of anilines is 1. The number of rotatable bonds is 3. The maximum atomic E-state index is 12.2. The Morgan fingerprint density at radius 3 is 2.80 bits per heavy atom. The first-order chi connectivity index (χ1) is 9.65. The van der Waals surface area contributed by atoms with Gasteiger partial charge in [0.15, 0.2) is 0 Å². The van der Waals surface area contributed by atoms with E-state index in [1.807, 2.05) is 5.38 Å². The summed E-state index contributed by atoms with van der Waals surface area (Å²) < 4.78 is 2.99. The maximum absolute atomic E-state index is 12.2.